The van der Waals surface area contributed by atoms with E-state index in [-0.39, 0.29) is 114 Å². The molecule has 25 heteroatoms. The van der Waals surface area contributed by atoms with Crippen molar-refractivity contribution in [1.29, 1.82) is 0 Å². The Kier molecular flexibility index (Phi) is 20.5. The molecule has 0 amide bonds. The van der Waals surface area contributed by atoms with E-state index in [9.17, 15) is 83.7 Å². The van der Waals surface area contributed by atoms with Crippen molar-refractivity contribution in [1.82, 2.24) is 0 Å². The van der Waals surface area contributed by atoms with Gasteiger partial charge in [-0.15, -0.1) is 0 Å². The largest absolute Gasteiger partial charge is 1.00 e. The van der Waals surface area contributed by atoms with E-state index in [4.69, 9.17) is 4.74 Å². The molecule has 93 heavy (non-hydrogen) atoms. The minimum absolute atomic E-state index is 0. The van der Waals surface area contributed by atoms with E-state index in [0.29, 0.717) is 68.1 Å². The maximum atomic E-state index is 17.0. The van der Waals surface area contributed by atoms with Gasteiger partial charge in [-0.3, -0.25) is 33.6 Å². The molecule has 0 aromatic rings. The van der Waals surface area contributed by atoms with Crippen LogP contribution in [0, 0.1) is 85.8 Å². The molecule has 9 fully saturated rings. The minimum Gasteiger partial charge on any atom is -0.790 e. The van der Waals surface area contributed by atoms with Crippen molar-refractivity contribution in [2.75, 3.05) is 19.8 Å². The average Bonchev–Trinajstić information content (AvgIpc) is 1.65. The van der Waals surface area contributed by atoms with Crippen LogP contribution in [-0.2, 0) is 47.4 Å². The number of fused-ring (bicyclic) bond motifs is 15. The van der Waals surface area contributed by atoms with Gasteiger partial charge in [0.05, 0.1) is 26.1 Å². The van der Waals surface area contributed by atoms with Crippen LogP contribution < -0.4 is 68.9 Å². The van der Waals surface area contributed by atoms with E-state index in [1.807, 2.05) is 0 Å². The fourth-order valence-electron chi connectivity index (χ4n) is 22.1. The van der Waals surface area contributed by atoms with E-state index in [1.54, 1.807) is 74.5 Å². The number of aliphatic hydroxyl groups is 7. The minimum atomic E-state index is -5.43. The van der Waals surface area contributed by atoms with Crippen molar-refractivity contribution in [3.05, 3.63) is 71.4 Å². The van der Waals surface area contributed by atoms with Crippen molar-refractivity contribution >= 4 is 48.5 Å². The van der Waals surface area contributed by atoms with Gasteiger partial charge in [0.1, 0.15) is 30.0 Å². The zero-order chi connectivity index (χ0) is 67.6. The van der Waals surface area contributed by atoms with E-state index in [1.165, 1.54) is 49.5 Å². The molecule has 7 N–H and O–H groups in total. The normalized spacial score (nSPS) is 48.5. The topological polar surface area (TPSA) is 343 Å². The SMILES string of the molecule is CC(=O)OCC(=O)[C@@]1(O)[C@H](C)C[C@H]2[C@@H]3CCC4=CC(=O)C=C[C@]4(C)[C@@]3(F)C(O)C[C@@]21C.C[C@@H]1C[C@H]2[C@@H]3CCC4=CC(=O)C=C[C@]4(C)[C@@]3(F)[C@@H](O)C[C@]2(C)[C@@]1(O)C(=O)CO.C[C@@H]1C[C@H]2[C@@H]3CCC4=CC(=O)C=C[C@]4(C)[C@@]3(F)[C@@H](O)C[C@]2(C)[C@@]1(O)C(=O)COP(=O)([O-])[O-].[Na+].[Na+]. The number of allylic oxidation sites excluding steroid dienone is 12. The third kappa shape index (κ3) is 10.4. The van der Waals surface area contributed by atoms with Gasteiger partial charge in [-0.05, 0) is 170 Å². The zero-order valence-electron chi connectivity index (χ0n) is 55.3. The number of rotatable bonds is 9. The second kappa shape index (κ2) is 25.0. The van der Waals surface area contributed by atoms with Gasteiger partial charge in [-0.2, -0.15) is 0 Å². The Labute approximate surface area is 584 Å². The molecule has 0 radical (unpaired) electrons. The Morgan fingerprint density at radius 2 is 0.806 bits per heavy atom. The van der Waals surface area contributed by atoms with Crippen molar-refractivity contribution in [3.63, 3.8) is 0 Å². The maximum absolute atomic E-state index is 17.0. The Morgan fingerprint density at radius 1 is 0.527 bits per heavy atom. The molecule has 0 spiro atoms. The van der Waals surface area contributed by atoms with Crippen LogP contribution in [0.25, 0.3) is 0 Å². The third-order valence-electron chi connectivity index (χ3n) is 26.8. The van der Waals surface area contributed by atoms with Gasteiger partial charge in [0.25, 0.3) is 0 Å². The first kappa shape index (κ1) is 76.3. The number of halogens is 3. The zero-order valence-corrected chi connectivity index (χ0v) is 60.2. The van der Waals surface area contributed by atoms with Crippen LogP contribution in [0.5, 0.6) is 0 Å². The predicted molar refractivity (Wildman–Crippen MR) is 316 cm³/mol. The number of ketones is 6. The number of alkyl halides is 3. The summed E-state index contributed by atoms with van der Waals surface area (Å²) in [6.07, 6.45) is 12.3. The van der Waals surface area contributed by atoms with Crippen LogP contribution in [0.2, 0.25) is 0 Å². The summed E-state index contributed by atoms with van der Waals surface area (Å²) in [6.45, 7) is 14.2. The standard InChI is InChI=1S/C24H31FO6.C22H30FO8P.C22H29FO5.2Na/c1-13-9-18-17-6-5-15-10-16(27)7-8-21(15,3)23(17,25)19(28)11-22(18,4)24(13,30)20(29)12-31-14(2)26;1-12-8-16-15-5-4-13-9-14(24)6-7-19(13,2)21(15,23)17(25)10-20(16,3)22(12,27)18(26)11-31-32(28,29)30;1-12-8-16-15-5-4-13-9-14(25)6-7-19(13,2)21(15,23)17(26)10-20(16,3)22(12,28)18(27)11-24;;/h7-8,10,13,17-19,28,30H,5-6,9,11-12H2,1-4H3;6-7,9,12,15-17,25,27H,4-5,8,10-11H2,1-3H3,(H2,28,29,30);6-7,9,12,15-17,24,26,28H,4-5,8,10-11H2,1-3H3;;/q;;;2*+1/p-2/t13-,17+,18+,19?,21+,22+,23+,24+;2*12-,15+,16+,17+,19+,20+,21+,22+;;/m111../s1. The Balaban J connectivity index is 0.000000178. The second-order valence-corrected chi connectivity index (χ2v) is 31.6. The summed E-state index contributed by atoms with van der Waals surface area (Å²) in [5, 5.41) is 77.6. The van der Waals surface area contributed by atoms with Crippen molar-refractivity contribution < 1.29 is 165 Å². The molecular weight excluding hydrogens is 1250 g/mol. The van der Waals surface area contributed by atoms with Crippen LogP contribution >= 0.6 is 7.82 Å². The molecule has 0 heterocycles. The smallest absolute Gasteiger partial charge is 0.790 e. The van der Waals surface area contributed by atoms with Crippen molar-refractivity contribution in [2.45, 2.75) is 198 Å². The first-order valence-corrected chi connectivity index (χ1v) is 33.5. The first-order valence-electron chi connectivity index (χ1n) is 32.0. The van der Waals surface area contributed by atoms with E-state index in [0.717, 1.165) is 0 Å². The number of Topliss-reactive ketones (excluding diaryl/α,β-unsaturated/α-hetero) is 3. The Bertz CT molecular complexity index is 3390. The summed E-state index contributed by atoms with van der Waals surface area (Å²) in [6, 6.07) is 0. The third-order valence-corrected chi connectivity index (χ3v) is 27.3. The van der Waals surface area contributed by atoms with Crippen LogP contribution in [0.3, 0.4) is 0 Å². The molecule has 502 valence electrons. The van der Waals surface area contributed by atoms with Gasteiger partial charge in [0.15, 0.2) is 52.5 Å². The van der Waals surface area contributed by atoms with Gasteiger partial charge in [0.2, 0.25) is 5.78 Å². The molecule has 19 nitrogen and oxygen atoms in total. The number of ether oxygens (including phenoxy) is 1. The van der Waals surface area contributed by atoms with Crippen molar-refractivity contribution in [3.8, 4) is 0 Å². The summed E-state index contributed by atoms with van der Waals surface area (Å²) >= 11 is 0. The van der Waals surface area contributed by atoms with Crippen LogP contribution in [0.1, 0.15) is 146 Å². The molecule has 0 aromatic heterocycles. The van der Waals surface area contributed by atoms with Crippen LogP contribution in [-0.4, -0.2) is 148 Å². The number of hydrogen-bond donors (Lipinski definition) is 7. The number of carbonyl (C=O) groups excluding carboxylic acids is 7. The molecular formula is C68H88F3Na2O19P. The van der Waals surface area contributed by atoms with Gasteiger partial charge < -0.3 is 59.4 Å². The number of phosphoric acid groups is 1. The molecule has 0 aromatic carbocycles. The molecule has 24 atom stereocenters. The molecule has 0 saturated heterocycles. The monoisotopic (exact) mass is 1340 g/mol. The fraction of sp³-hybridized carbons (Fsp3) is 0.721. The number of carbonyl (C=O) groups is 7. The first-order chi connectivity index (χ1) is 41.9. The van der Waals surface area contributed by atoms with Gasteiger partial charge >= 0.3 is 65.1 Å². The van der Waals surface area contributed by atoms with Gasteiger partial charge in [-0.1, -0.05) is 76.5 Å². The molecule has 9 saturated carbocycles. The fourth-order valence-corrected chi connectivity index (χ4v) is 22.3. The van der Waals surface area contributed by atoms with Gasteiger partial charge in [0, 0.05) is 57.2 Å². The molecule has 0 bridgehead atoms. The summed E-state index contributed by atoms with van der Waals surface area (Å²) in [4.78, 5) is 107. The molecule has 0 aliphatic heterocycles. The summed E-state index contributed by atoms with van der Waals surface area (Å²) in [5.74, 6) is -7.98. The van der Waals surface area contributed by atoms with Crippen LogP contribution in [0.4, 0.5) is 13.2 Å². The van der Waals surface area contributed by atoms with Gasteiger partial charge in [-0.25, -0.2) is 13.2 Å². The summed E-state index contributed by atoms with van der Waals surface area (Å²) < 4.78 is 70.7. The van der Waals surface area contributed by atoms with Crippen LogP contribution in [0.15, 0.2) is 71.4 Å². The molecule has 12 rings (SSSR count). The van der Waals surface area contributed by atoms with E-state index < -0.39 is 177 Å². The number of phosphoric ester groups is 1. The molecule has 12 aliphatic carbocycles. The van der Waals surface area contributed by atoms with E-state index >= 15 is 13.2 Å². The molecule has 12 aliphatic rings. The van der Waals surface area contributed by atoms with E-state index in [2.05, 4.69) is 4.52 Å². The summed E-state index contributed by atoms with van der Waals surface area (Å²) in [5.41, 5.74) is -16.5. The second-order valence-electron chi connectivity index (χ2n) is 30.4. The maximum Gasteiger partial charge on any atom is 1.00 e. The Hall–Kier alpha value is -2.45. The summed E-state index contributed by atoms with van der Waals surface area (Å²) in [7, 11) is -5.43. The quantitative estimate of drug-likeness (QED) is 0.0837. The number of aliphatic hydroxyl groups excluding tert-OH is 4. The average molecular weight is 1340 g/mol. The van der Waals surface area contributed by atoms with Crippen molar-refractivity contribution in [2.24, 2.45) is 85.8 Å². The number of esters is 1. The Morgan fingerprint density at radius 3 is 1.08 bits per heavy atom. The number of hydrogen-bond acceptors (Lipinski definition) is 19. The predicted octanol–water partition coefficient (Wildman–Crippen LogP) is -0.881. The molecule has 1 unspecified atom stereocenters.